The highest BCUT2D eigenvalue weighted by atomic mass is 79.9. The van der Waals surface area contributed by atoms with Gasteiger partial charge in [0.2, 0.25) is 0 Å². The van der Waals surface area contributed by atoms with Gasteiger partial charge in [-0.25, -0.2) is 4.98 Å². The zero-order valence-electron chi connectivity index (χ0n) is 9.06. The number of carbonyl (C=O) groups excluding carboxylic acids is 2. The van der Waals surface area contributed by atoms with Gasteiger partial charge in [0.25, 0.3) is 5.78 Å². The smallest absolute Gasteiger partial charge is 0.357 e. The largest absolute Gasteiger partial charge is 0.494 e. The second kappa shape index (κ2) is 4.65. The average molecular weight is 312 g/mol. The number of nitrogens with one attached hydrogen (secondary N) is 1. The number of aromatic amines is 1. The van der Waals surface area contributed by atoms with Crippen LogP contribution in [-0.2, 0) is 4.79 Å². The highest BCUT2D eigenvalue weighted by Crippen LogP contribution is 2.32. The van der Waals surface area contributed by atoms with Gasteiger partial charge in [-0.05, 0) is 15.9 Å². The molecule has 0 saturated carbocycles. The second-order valence-electron chi connectivity index (χ2n) is 3.30. The summed E-state index contributed by atoms with van der Waals surface area (Å²) in [6.07, 6.45) is 2.71. The summed E-state index contributed by atoms with van der Waals surface area (Å²) >= 11 is 3.20. The van der Waals surface area contributed by atoms with E-state index < -0.39 is 11.7 Å². The van der Waals surface area contributed by atoms with E-state index in [4.69, 9.17) is 4.74 Å². The van der Waals surface area contributed by atoms with E-state index in [1.54, 1.807) is 0 Å². The van der Waals surface area contributed by atoms with Crippen LogP contribution in [0.2, 0.25) is 0 Å². The molecule has 1 amide bonds. The first-order chi connectivity index (χ1) is 8.60. The molecule has 0 fully saturated rings. The molecule has 7 nitrogen and oxygen atoms in total. The molecule has 2 aromatic rings. The fourth-order valence-electron chi connectivity index (χ4n) is 1.58. The average Bonchev–Trinajstić information content (AvgIpc) is 2.83. The fourth-order valence-corrected chi connectivity index (χ4v) is 1.99. The molecule has 8 heteroatoms. The van der Waals surface area contributed by atoms with Gasteiger partial charge in [0, 0.05) is 11.4 Å². The van der Waals surface area contributed by atoms with Gasteiger partial charge in [0.05, 0.1) is 29.8 Å². The second-order valence-corrected chi connectivity index (χ2v) is 4.05. The molecule has 18 heavy (non-hydrogen) atoms. The predicted molar refractivity (Wildman–Crippen MR) is 65.5 cm³/mol. The van der Waals surface area contributed by atoms with Crippen LogP contribution in [0.15, 0.2) is 22.2 Å². The van der Waals surface area contributed by atoms with Gasteiger partial charge in [-0.3, -0.25) is 9.59 Å². The molecular formula is C10H6BrN3O4. The lowest BCUT2D eigenvalue weighted by Gasteiger charge is -2.03. The van der Waals surface area contributed by atoms with E-state index >= 15 is 0 Å². The Morgan fingerprint density at radius 1 is 1.50 bits per heavy atom. The number of nitroso groups, excluding NO2 is 1. The number of amides is 1. The Kier molecular flexibility index (Phi) is 3.19. The van der Waals surface area contributed by atoms with Crippen molar-refractivity contribution in [3.63, 3.8) is 0 Å². The normalized spacial score (nSPS) is 10.3. The number of ether oxygens (including phenoxy) is 1. The third-order valence-corrected chi connectivity index (χ3v) is 2.97. The SMILES string of the molecule is COc1cnc(Br)c2[nH]cc(C(=O)C(=O)N=O)c12. The van der Waals surface area contributed by atoms with Gasteiger partial charge in [-0.2, -0.15) is 0 Å². The minimum atomic E-state index is -1.36. The van der Waals surface area contributed by atoms with E-state index in [-0.39, 0.29) is 5.56 Å². The number of nitrogens with zero attached hydrogens (tertiary/aromatic N) is 2. The maximum Gasteiger partial charge on any atom is 0.357 e. The molecule has 2 heterocycles. The van der Waals surface area contributed by atoms with Gasteiger partial charge < -0.3 is 9.72 Å². The summed E-state index contributed by atoms with van der Waals surface area (Å²) in [5.41, 5.74) is 0.519. The number of pyridine rings is 1. The van der Waals surface area contributed by atoms with Crippen LogP contribution in [0.4, 0.5) is 0 Å². The van der Waals surface area contributed by atoms with Crippen LogP contribution in [0.1, 0.15) is 10.4 Å². The first-order valence-corrected chi connectivity index (χ1v) is 5.51. The Bertz CT molecular complexity index is 664. The topological polar surface area (TPSA) is 101 Å². The number of rotatable bonds is 3. The van der Waals surface area contributed by atoms with Crippen LogP contribution in [0.5, 0.6) is 5.75 Å². The Morgan fingerprint density at radius 2 is 2.22 bits per heavy atom. The van der Waals surface area contributed by atoms with E-state index in [1.807, 2.05) is 0 Å². The lowest BCUT2D eigenvalue weighted by Crippen LogP contribution is -2.10. The number of hydrogen-bond donors (Lipinski definition) is 1. The molecule has 0 aliphatic rings. The summed E-state index contributed by atoms with van der Waals surface area (Å²) in [6, 6.07) is 0. The first kappa shape index (κ1) is 12.4. The molecule has 0 radical (unpaired) electrons. The Labute approximate surface area is 109 Å². The fraction of sp³-hybridized carbons (Fsp3) is 0.100. The lowest BCUT2D eigenvalue weighted by atomic mass is 10.1. The van der Waals surface area contributed by atoms with Crippen molar-refractivity contribution < 1.29 is 14.3 Å². The van der Waals surface area contributed by atoms with Crippen molar-refractivity contribution in [3.8, 4) is 5.75 Å². The summed E-state index contributed by atoms with van der Waals surface area (Å²) < 4.78 is 5.53. The number of carbonyl (C=O) groups is 2. The molecule has 2 rings (SSSR count). The lowest BCUT2D eigenvalue weighted by molar-refractivity contribution is -0.114. The number of hydrogen-bond acceptors (Lipinski definition) is 5. The third-order valence-electron chi connectivity index (χ3n) is 2.37. The van der Waals surface area contributed by atoms with Gasteiger partial charge >= 0.3 is 5.91 Å². The van der Waals surface area contributed by atoms with Crippen LogP contribution in [-0.4, -0.2) is 28.8 Å². The highest BCUT2D eigenvalue weighted by molar-refractivity contribution is 9.10. The summed E-state index contributed by atoms with van der Waals surface area (Å²) in [6.45, 7) is 0. The van der Waals surface area contributed by atoms with E-state index in [2.05, 4.69) is 31.1 Å². The number of ketones is 1. The maximum atomic E-state index is 11.7. The molecule has 0 bridgehead atoms. The summed E-state index contributed by atoms with van der Waals surface area (Å²) in [5.74, 6) is -2.03. The molecule has 0 unspecified atom stereocenters. The Hall–Kier alpha value is -2.09. The van der Waals surface area contributed by atoms with Gasteiger partial charge in [0.15, 0.2) is 0 Å². The number of halogens is 1. The minimum Gasteiger partial charge on any atom is -0.494 e. The molecule has 0 aliphatic carbocycles. The van der Waals surface area contributed by atoms with Crippen LogP contribution >= 0.6 is 15.9 Å². The predicted octanol–water partition coefficient (Wildman–Crippen LogP) is 1.81. The van der Waals surface area contributed by atoms with Crippen LogP contribution < -0.4 is 4.74 Å². The monoisotopic (exact) mass is 311 g/mol. The van der Waals surface area contributed by atoms with Gasteiger partial charge in [-0.1, -0.05) is 0 Å². The molecular weight excluding hydrogens is 306 g/mol. The molecule has 0 aromatic carbocycles. The third kappa shape index (κ3) is 1.80. The zero-order valence-corrected chi connectivity index (χ0v) is 10.6. The van der Waals surface area contributed by atoms with Crippen molar-refractivity contribution in [2.24, 2.45) is 5.18 Å². The van der Waals surface area contributed by atoms with E-state index in [1.165, 1.54) is 19.5 Å². The quantitative estimate of drug-likeness (QED) is 0.403. The molecule has 0 atom stereocenters. The Morgan fingerprint density at radius 3 is 2.83 bits per heavy atom. The zero-order chi connectivity index (χ0) is 13.3. The number of H-pyrrole nitrogens is 1. The van der Waals surface area contributed by atoms with E-state index in [9.17, 15) is 14.5 Å². The number of fused-ring (bicyclic) bond motifs is 1. The maximum absolute atomic E-state index is 11.7. The number of Topliss-reactive ketones (excluding diaryl/α,β-unsaturated/α-hetero) is 1. The van der Waals surface area contributed by atoms with Gasteiger partial charge in [-0.15, -0.1) is 4.91 Å². The minimum absolute atomic E-state index is 0.0227. The molecule has 92 valence electrons. The van der Waals surface area contributed by atoms with Crippen molar-refractivity contribution in [2.45, 2.75) is 0 Å². The molecule has 0 aliphatic heterocycles. The van der Waals surface area contributed by atoms with Crippen LogP contribution in [0.3, 0.4) is 0 Å². The Balaban J connectivity index is 2.73. The molecule has 2 aromatic heterocycles. The van der Waals surface area contributed by atoms with E-state index in [0.717, 1.165) is 0 Å². The summed E-state index contributed by atoms with van der Waals surface area (Å²) in [7, 11) is 1.41. The number of methoxy groups -OCH3 is 1. The standard InChI is InChI=1S/C10H6BrN3O4/c1-18-5-3-13-9(11)7-6(5)4(2-12-7)8(15)10(16)14-17/h2-3,12H,1H3. The number of aromatic nitrogens is 2. The molecule has 0 saturated heterocycles. The van der Waals surface area contributed by atoms with E-state index in [0.29, 0.717) is 21.3 Å². The summed E-state index contributed by atoms with van der Waals surface area (Å²) in [4.78, 5) is 39.6. The molecule has 0 spiro atoms. The summed E-state index contributed by atoms with van der Waals surface area (Å²) in [5, 5.41) is 2.48. The van der Waals surface area contributed by atoms with Gasteiger partial charge in [0.1, 0.15) is 10.4 Å². The van der Waals surface area contributed by atoms with Crippen molar-refractivity contribution in [1.82, 2.24) is 9.97 Å². The highest BCUT2D eigenvalue weighted by Gasteiger charge is 2.23. The van der Waals surface area contributed by atoms with Crippen LogP contribution in [0.25, 0.3) is 10.9 Å². The van der Waals surface area contributed by atoms with Crippen molar-refractivity contribution in [3.05, 3.63) is 27.5 Å². The molecule has 1 N–H and O–H groups in total. The van der Waals surface area contributed by atoms with Crippen molar-refractivity contribution in [1.29, 1.82) is 0 Å². The van der Waals surface area contributed by atoms with Crippen molar-refractivity contribution in [2.75, 3.05) is 7.11 Å². The first-order valence-electron chi connectivity index (χ1n) is 4.71. The van der Waals surface area contributed by atoms with Crippen LogP contribution in [0, 0.1) is 4.91 Å². The van der Waals surface area contributed by atoms with Crippen molar-refractivity contribution >= 4 is 38.5 Å².